The lowest BCUT2D eigenvalue weighted by Crippen LogP contribution is -2.19. The Morgan fingerprint density at radius 1 is 1.13 bits per heavy atom. The van der Waals surface area contributed by atoms with E-state index in [9.17, 15) is 0 Å². The van der Waals surface area contributed by atoms with Gasteiger partial charge in [-0.05, 0) is 24.7 Å². The summed E-state index contributed by atoms with van der Waals surface area (Å²) in [5.41, 5.74) is 0.293. The van der Waals surface area contributed by atoms with Crippen LogP contribution in [0.1, 0.15) is 39.5 Å². The van der Waals surface area contributed by atoms with Crippen LogP contribution < -0.4 is 0 Å². The fraction of sp³-hybridized carbons (Fsp3) is 1.00. The molecule has 2 nitrogen and oxygen atoms in total. The second-order valence-electron chi connectivity index (χ2n) is 4.40. The average molecular weight is 237 g/mol. The first-order chi connectivity index (χ1) is 7.18. The SMILES string of the molecule is CCCC(C)(CCl)CCCOCCOC. The van der Waals surface area contributed by atoms with Gasteiger partial charge in [0.2, 0.25) is 0 Å². The van der Waals surface area contributed by atoms with Gasteiger partial charge in [0.15, 0.2) is 0 Å². The molecule has 0 aliphatic rings. The van der Waals surface area contributed by atoms with Crippen LogP contribution >= 0.6 is 11.6 Å². The predicted octanol–water partition coefficient (Wildman–Crippen LogP) is 3.47. The molecule has 0 rings (SSSR count). The number of halogens is 1. The molecule has 1 atom stereocenters. The van der Waals surface area contributed by atoms with Gasteiger partial charge in [0.1, 0.15) is 0 Å². The maximum atomic E-state index is 5.99. The third-order valence-electron chi connectivity index (χ3n) is 2.68. The fourth-order valence-electron chi connectivity index (χ4n) is 1.71. The predicted molar refractivity (Wildman–Crippen MR) is 65.7 cm³/mol. The van der Waals surface area contributed by atoms with Crippen molar-refractivity contribution in [3.05, 3.63) is 0 Å². The van der Waals surface area contributed by atoms with Crippen molar-refractivity contribution in [3.8, 4) is 0 Å². The summed E-state index contributed by atoms with van der Waals surface area (Å²) in [5, 5.41) is 0. The smallest absolute Gasteiger partial charge is 0.0700 e. The van der Waals surface area contributed by atoms with Gasteiger partial charge in [-0.1, -0.05) is 20.3 Å². The molecule has 0 saturated carbocycles. The van der Waals surface area contributed by atoms with E-state index in [0.29, 0.717) is 18.6 Å². The molecule has 3 heteroatoms. The largest absolute Gasteiger partial charge is 0.382 e. The van der Waals surface area contributed by atoms with Crippen LogP contribution in [0.15, 0.2) is 0 Å². The number of hydrogen-bond donors (Lipinski definition) is 0. The van der Waals surface area contributed by atoms with Gasteiger partial charge in [-0.25, -0.2) is 0 Å². The van der Waals surface area contributed by atoms with Crippen LogP contribution in [-0.2, 0) is 9.47 Å². The molecule has 0 aliphatic carbocycles. The van der Waals surface area contributed by atoms with Crippen molar-refractivity contribution < 1.29 is 9.47 Å². The molecule has 0 saturated heterocycles. The zero-order valence-electron chi connectivity index (χ0n) is 10.4. The van der Waals surface area contributed by atoms with E-state index in [1.807, 2.05) is 0 Å². The van der Waals surface area contributed by atoms with E-state index in [-0.39, 0.29) is 0 Å². The highest BCUT2D eigenvalue weighted by atomic mass is 35.5. The van der Waals surface area contributed by atoms with Crippen LogP contribution in [0.3, 0.4) is 0 Å². The summed E-state index contributed by atoms with van der Waals surface area (Å²) in [6, 6.07) is 0. The van der Waals surface area contributed by atoms with Gasteiger partial charge in [-0.15, -0.1) is 11.6 Å². The Kier molecular flexibility index (Phi) is 9.57. The van der Waals surface area contributed by atoms with Crippen molar-refractivity contribution >= 4 is 11.6 Å². The first kappa shape index (κ1) is 15.2. The van der Waals surface area contributed by atoms with E-state index in [1.54, 1.807) is 7.11 Å². The third kappa shape index (κ3) is 8.06. The highest BCUT2D eigenvalue weighted by Gasteiger charge is 2.21. The number of methoxy groups -OCH3 is 1. The van der Waals surface area contributed by atoms with Gasteiger partial charge in [0.05, 0.1) is 13.2 Å². The van der Waals surface area contributed by atoms with E-state index in [4.69, 9.17) is 21.1 Å². The Morgan fingerprint density at radius 3 is 2.40 bits per heavy atom. The molecule has 0 radical (unpaired) electrons. The van der Waals surface area contributed by atoms with E-state index >= 15 is 0 Å². The molecule has 1 unspecified atom stereocenters. The molecule has 0 N–H and O–H groups in total. The van der Waals surface area contributed by atoms with Crippen molar-refractivity contribution in [1.29, 1.82) is 0 Å². The zero-order valence-corrected chi connectivity index (χ0v) is 11.1. The molecule has 0 aromatic heterocycles. The van der Waals surface area contributed by atoms with Crippen molar-refractivity contribution in [3.63, 3.8) is 0 Å². The van der Waals surface area contributed by atoms with Crippen molar-refractivity contribution in [2.75, 3.05) is 32.8 Å². The minimum Gasteiger partial charge on any atom is -0.382 e. The highest BCUT2D eigenvalue weighted by Crippen LogP contribution is 2.30. The third-order valence-corrected chi connectivity index (χ3v) is 3.32. The lowest BCUT2D eigenvalue weighted by Gasteiger charge is -2.26. The zero-order chi connectivity index (χ0) is 11.6. The molecule has 0 aromatic carbocycles. The molecule has 0 aromatic rings. The Balaban J connectivity index is 3.46. The highest BCUT2D eigenvalue weighted by molar-refractivity contribution is 6.18. The summed E-state index contributed by atoms with van der Waals surface area (Å²) in [5.74, 6) is 0.749. The number of ether oxygens (including phenoxy) is 2. The minimum absolute atomic E-state index is 0.293. The number of hydrogen-bond acceptors (Lipinski definition) is 2. The van der Waals surface area contributed by atoms with Gasteiger partial charge in [-0.2, -0.15) is 0 Å². The van der Waals surface area contributed by atoms with Gasteiger partial charge in [0.25, 0.3) is 0 Å². The first-order valence-electron chi connectivity index (χ1n) is 5.81. The van der Waals surface area contributed by atoms with Crippen molar-refractivity contribution in [2.45, 2.75) is 39.5 Å². The van der Waals surface area contributed by atoms with E-state index in [2.05, 4.69) is 13.8 Å². The first-order valence-corrected chi connectivity index (χ1v) is 6.34. The molecule has 0 spiro atoms. The quantitative estimate of drug-likeness (QED) is 0.427. The van der Waals surface area contributed by atoms with Crippen LogP contribution in [0, 0.1) is 5.41 Å². The van der Waals surface area contributed by atoms with Crippen molar-refractivity contribution in [2.24, 2.45) is 5.41 Å². The van der Waals surface area contributed by atoms with Gasteiger partial charge < -0.3 is 9.47 Å². The standard InChI is InChI=1S/C12H25ClO2/c1-4-6-12(2,11-13)7-5-8-15-10-9-14-3/h4-11H2,1-3H3. The molecule has 0 aliphatic heterocycles. The number of rotatable bonds is 10. The summed E-state index contributed by atoms with van der Waals surface area (Å²) in [6.07, 6.45) is 4.65. The molecular weight excluding hydrogens is 212 g/mol. The van der Waals surface area contributed by atoms with Gasteiger partial charge in [0, 0.05) is 19.6 Å². The Hall–Kier alpha value is 0.210. The van der Waals surface area contributed by atoms with Crippen LogP contribution in [0.25, 0.3) is 0 Å². The summed E-state index contributed by atoms with van der Waals surface area (Å²) < 4.78 is 10.3. The van der Waals surface area contributed by atoms with Crippen LogP contribution in [0.2, 0.25) is 0 Å². The Morgan fingerprint density at radius 2 is 1.87 bits per heavy atom. The maximum absolute atomic E-state index is 5.99. The number of alkyl halides is 1. The maximum Gasteiger partial charge on any atom is 0.0700 e. The van der Waals surface area contributed by atoms with E-state index in [0.717, 1.165) is 25.3 Å². The Labute approximate surface area is 99.3 Å². The average Bonchev–Trinajstić information content (AvgIpc) is 2.24. The molecule has 0 fully saturated rings. The minimum atomic E-state index is 0.293. The lowest BCUT2D eigenvalue weighted by atomic mass is 9.83. The van der Waals surface area contributed by atoms with E-state index < -0.39 is 0 Å². The van der Waals surface area contributed by atoms with Crippen LogP contribution in [0.5, 0.6) is 0 Å². The summed E-state index contributed by atoms with van der Waals surface area (Å²) >= 11 is 5.99. The second kappa shape index (κ2) is 9.44. The van der Waals surface area contributed by atoms with E-state index in [1.165, 1.54) is 12.8 Å². The molecular formula is C12H25ClO2. The van der Waals surface area contributed by atoms with Gasteiger partial charge in [-0.3, -0.25) is 0 Å². The topological polar surface area (TPSA) is 18.5 Å². The Bertz CT molecular complexity index is 142. The normalized spacial score (nSPS) is 15.2. The summed E-state index contributed by atoms with van der Waals surface area (Å²) in [4.78, 5) is 0. The molecule has 92 valence electrons. The molecule has 15 heavy (non-hydrogen) atoms. The van der Waals surface area contributed by atoms with Crippen molar-refractivity contribution in [1.82, 2.24) is 0 Å². The fourth-order valence-corrected chi connectivity index (χ4v) is 1.97. The molecule has 0 bridgehead atoms. The van der Waals surface area contributed by atoms with Crippen LogP contribution in [0.4, 0.5) is 0 Å². The van der Waals surface area contributed by atoms with Crippen LogP contribution in [-0.4, -0.2) is 32.8 Å². The molecule has 0 heterocycles. The lowest BCUT2D eigenvalue weighted by molar-refractivity contribution is 0.0646. The molecule has 0 amide bonds. The second-order valence-corrected chi connectivity index (χ2v) is 4.67. The summed E-state index contributed by atoms with van der Waals surface area (Å²) in [6.45, 7) is 6.67. The summed E-state index contributed by atoms with van der Waals surface area (Å²) in [7, 11) is 1.69. The van der Waals surface area contributed by atoms with Gasteiger partial charge >= 0.3 is 0 Å². The monoisotopic (exact) mass is 236 g/mol.